The Morgan fingerprint density at radius 1 is 0.686 bits per heavy atom. The minimum Gasteiger partial charge on any atom is -0.478 e. The molecule has 19 nitrogen and oxygen atoms in total. The number of hydrogen-bond acceptors (Lipinski definition) is 15. The van der Waals surface area contributed by atoms with E-state index in [2.05, 4.69) is 30.3 Å². The van der Waals surface area contributed by atoms with Gasteiger partial charge in [-0.1, -0.05) is 0 Å². The molecule has 0 aliphatic carbocycles. The van der Waals surface area contributed by atoms with E-state index in [-0.39, 0.29) is 23.7 Å². The number of rotatable bonds is 6. The van der Waals surface area contributed by atoms with E-state index in [1.54, 1.807) is 24.0 Å². The average Bonchev–Trinajstić information content (AvgIpc) is 3.10. The third-order valence-electron chi connectivity index (χ3n) is 6.96. The van der Waals surface area contributed by atoms with Crippen molar-refractivity contribution in [3.05, 3.63) is 35.9 Å². The molecule has 3 amide bonds. The summed E-state index contributed by atoms with van der Waals surface area (Å²) in [6.07, 6.45) is 4.88. The van der Waals surface area contributed by atoms with Gasteiger partial charge in [0.25, 0.3) is 5.91 Å². The normalized spacial score (nSPS) is 14.7. The first kappa shape index (κ1) is 42.3. The number of hydrogen-bond donors (Lipinski definition) is 2. The van der Waals surface area contributed by atoms with Gasteiger partial charge in [-0.05, 0) is 41.5 Å². The number of carboxylic acid groups (broad SMARTS) is 1. The summed E-state index contributed by atoms with van der Waals surface area (Å²) in [4.78, 5) is 79.7. The molecule has 51 heavy (non-hydrogen) atoms. The van der Waals surface area contributed by atoms with Crippen LogP contribution in [0.5, 0.6) is 0 Å². The molecule has 2 aliphatic rings. The van der Waals surface area contributed by atoms with Crippen LogP contribution in [0.1, 0.15) is 62.3 Å². The zero-order valence-electron chi connectivity index (χ0n) is 31.2. The number of amides is 3. The Labute approximate surface area is 298 Å². The van der Waals surface area contributed by atoms with Crippen molar-refractivity contribution in [2.24, 2.45) is 0 Å². The first-order valence-corrected chi connectivity index (χ1v) is 16.2. The van der Waals surface area contributed by atoms with Crippen LogP contribution in [0, 0.1) is 0 Å². The second kappa shape index (κ2) is 19.5. The molecule has 19 heteroatoms. The molecule has 2 aliphatic heterocycles. The summed E-state index contributed by atoms with van der Waals surface area (Å²) in [5, 5.41) is 9.93. The number of ether oxygens (including phenoxy) is 2. The van der Waals surface area contributed by atoms with Crippen LogP contribution in [-0.4, -0.2) is 156 Å². The van der Waals surface area contributed by atoms with Gasteiger partial charge < -0.3 is 39.0 Å². The largest absolute Gasteiger partial charge is 0.478 e. The minimum atomic E-state index is -1.05. The molecule has 2 fully saturated rings. The fraction of sp³-hybridized carbons (Fsp3) is 0.625. The third-order valence-corrected chi connectivity index (χ3v) is 6.96. The summed E-state index contributed by atoms with van der Waals surface area (Å²) in [5.74, 6) is -0.376. The molecule has 0 atom stereocenters. The Morgan fingerprint density at radius 2 is 1.02 bits per heavy atom. The van der Waals surface area contributed by atoms with E-state index in [1.165, 1.54) is 38.9 Å². The number of nitrogens with zero attached hydrogens (tertiary/aromatic N) is 9. The van der Waals surface area contributed by atoms with E-state index >= 15 is 0 Å². The zero-order valence-corrected chi connectivity index (χ0v) is 31.2. The number of aromatic carboxylic acids is 1. The van der Waals surface area contributed by atoms with Gasteiger partial charge in [0.15, 0.2) is 0 Å². The van der Waals surface area contributed by atoms with Crippen LogP contribution < -0.4 is 15.3 Å². The van der Waals surface area contributed by atoms with Gasteiger partial charge in [0.2, 0.25) is 11.9 Å². The zero-order chi connectivity index (χ0) is 38.4. The Hall–Kier alpha value is -4.88. The summed E-state index contributed by atoms with van der Waals surface area (Å²) < 4.78 is 10.7. The first-order valence-electron chi connectivity index (χ1n) is 16.2. The molecule has 0 spiro atoms. The van der Waals surface area contributed by atoms with E-state index in [1.807, 2.05) is 51.3 Å². The number of nitrogens with one attached hydrogen (secondary N) is 1. The highest BCUT2D eigenvalue weighted by Gasteiger charge is 2.28. The summed E-state index contributed by atoms with van der Waals surface area (Å²) >= 11 is 0. The van der Waals surface area contributed by atoms with Crippen LogP contribution in [-0.2, 0) is 19.1 Å². The number of carbonyl (C=O) groups is 4. The topological polar surface area (TPSA) is 205 Å². The van der Waals surface area contributed by atoms with Gasteiger partial charge in [0.1, 0.15) is 11.2 Å². The van der Waals surface area contributed by atoms with Crippen molar-refractivity contribution in [2.75, 3.05) is 90.5 Å². The van der Waals surface area contributed by atoms with Crippen LogP contribution in [0.15, 0.2) is 24.8 Å². The summed E-state index contributed by atoms with van der Waals surface area (Å²) in [6, 6.07) is 0. The van der Waals surface area contributed by atoms with Gasteiger partial charge in [-0.2, -0.15) is 0 Å². The van der Waals surface area contributed by atoms with Gasteiger partial charge in [0, 0.05) is 91.2 Å². The Morgan fingerprint density at radius 3 is 1.29 bits per heavy atom. The van der Waals surface area contributed by atoms with Gasteiger partial charge in [-0.25, -0.2) is 44.9 Å². The molecule has 284 valence electrons. The molecule has 2 aromatic heterocycles. The highest BCUT2D eigenvalue weighted by molar-refractivity contribution is 5.92. The second-order valence-corrected chi connectivity index (χ2v) is 13.2. The predicted molar refractivity (Wildman–Crippen MR) is 186 cm³/mol. The Kier molecular flexibility index (Phi) is 16.2. The molecular formula is C32H52N10O9. The van der Waals surface area contributed by atoms with Crippen molar-refractivity contribution in [3.63, 3.8) is 0 Å². The first-order chi connectivity index (χ1) is 23.9. The molecule has 4 heterocycles. The second-order valence-electron chi connectivity index (χ2n) is 13.2. The Bertz CT molecular complexity index is 1400. The van der Waals surface area contributed by atoms with Crippen molar-refractivity contribution in [1.29, 1.82) is 0 Å². The molecule has 0 bridgehead atoms. The maximum Gasteiger partial charge on any atom is 0.410 e. The lowest BCUT2D eigenvalue weighted by molar-refractivity contribution is -0.0757. The number of carbonyl (C=O) groups excluding carboxylic acids is 3. The van der Waals surface area contributed by atoms with Crippen molar-refractivity contribution >= 4 is 36.0 Å². The number of hydroxylamine groups is 3. The van der Waals surface area contributed by atoms with Crippen molar-refractivity contribution in [3.8, 4) is 0 Å². The molecule has 4 rings (SSSR count). The lowest BCUT2D eigenvalue weighted by Gasteiger charge is -2.35. The van der Waals surface area contributed by atoms with Crippen LogP contribution in [0.4, 0.5) is 21.5 Å². The number of anilines is 2. The number of piperazine rings is 2. The number of aromatic nitrogens is 4. The van der Waals surface area contributed by atoms with Crippen LogP contribution in [0.2, 0.25) is 0 Å². The van der Waals surface area contributed by atoms with E-state index in [0.29, 0.717) is 69.8 Å². The Balaban J connectivity index is 0.000000322. The monoisotopic (exact) mass is 720 g/mol. The van der Waals surface area contributed by atoms with E-state index in [9.17, 15) is 19.2 Å². The van der Waals surface area contributed by atoms with Crippen molar-refractivity contribution < 1.29 is 43.4 Å². The van der Waals surface area contributed by atoms with E-state index in [4.69, 9.17) is 19.4 Å². The predicted octanol–water partition coefficient (Wildman–Crippen LogP) is 2.17. The molecule has 2 aromatic rings. The maximum absolute atomic E-state index is 12.1. The smallest absolute Gasteiger partial charge is 0.410 e. The lowest BCUT2D eigenvalue weighted by atomic mass is 10.2. The van der Waals surface area contributed by atoms with Crippen molar-refractivity contribution in [1.82, 2.24) is 40.3 Å². The van der Waals surface area contributed by atoms with Gasteiger partial charge in [-0.15, -0.1) is 0 Å². The molecule has 0 aromatic carbocycles. The highest BCUT2D eigenvalue weighted by Crippen LogP contribution is 2.16. The van der Waals surface area contributed by atoms with Crippen LogP contribution in [0.3, 0.4) is 0 Å². The summed E-state index contributed by atoms with van der Waals surface area (Å²) in [5.41, 5.74) is 1.82. The van der Waals surface area contributed by atoms with E-state index < -0.39 is 17.2 Å². The molecular weight excluding hydrogens is 668 g/mol. The quantitative estimate of drug-likeness (QED) is 0.410. The fourth-order valence-corrected chi connectivity index (χ4v) is 4.29. The molecule has 0 saturated carbocycles. The summed E-state index contributed by atoms with van der Waals surface area (Å²) in [7, 11) is 6.21. The van der Waals surface area contributed by atoms with Crippen LogP contribution >= 0.6 is 0 Å². The van der Waals surface area contributed by atoms with E-state index in [0.717, 1.165) is 5.06 Å². The van der Waals surface area contributed by atoms with Gasteiger partial charge in [-0.3, -0.25) is 9.63 Å². The molecule has 0 radical (unpaired) electrons. The maximum atomic E-state index is 12.1. The molecule has 0 unspecified atom stereocenters. The number of carboxylic acids is 1. The SMILES string of the molecule is CC(C)(C)OC(=O)N1CCN(c2ncc(C(=O)O)cn2)CC1.CNOC.CON(C)C(=O)c1cnc(N2CCN(C(=O)OC(C)(C)C)CC2)nc1. The van der Waals surface area contributed by atoms with Crippen LogP contribution in [0.25, 0.3) is 0 Å². The lowest BCUT2D eigenvalue weighted by Crippen LogP contribution is -2.50. The standard InChI is InChI=1S/C16H25N5O4.C14H20N4O4.C2H7NO/c1-16(2,3)25-15(23)21-8-6-20(7-9-21)14-17-10-12(11-18-14)13(22)19(4)24-5;1-14(2,3)22-13(21)18-6-4-17(5-7-18)12-15-8-10(9-16-12)11(19)20;1-3-4-2/h10-11H,6-9H2,1-5H3;8-9H,4-7H2,1-3H3,(H,19,20);3H,1-2H3. The molecule has 2 saturated heterocycles. The van der Waals surface area contributed by atoms with Gasteiger partial charge >= 0.3 is 18.2 Å². The third kappa shape index (κ3) is 14.5. The van der Waals surface area contributed by atoms with Gasteiger partial charge in [0.05, 0.1) is 25.3 Å². The fourth-order valence-electron chi connectivity index (χ4n) is 4.29. The summed E-state index contributed by atoms with van der Waals surface area (Å²) in [6.45, 7) is 15.5. The minimum absolute atomic E-state index is 0.0520. The molecule has 2 N–H and O–H groups in total. The average molecular weight is 721 g/mol. The highest BCUT2D eigenvalue weighted by atomic mass is 16.7. The van der Waals surface area contributed by atoms with Crippen molar-refractivity contribution in [2.45, 2.75) is 52.7 Å².